The van der Waals surface area contributed by atoms with E-state index in [9.17, 15) is 41.1 Å². The molecular formula is C53H51F9N8O6S2. The highest BCUT2D eigenvalue weighted by Gasteiger charge is 2.52. The third-order valence-electron chi connectivity index (χ3n) is 13.1. The summed E-state index contributed by atoms with van der Waals surface area (Å²) < 4.78 is 143. The number of thiazole rings is 1. The Morgan fingerprint density at radius 1 is 0.936 bits per heavy atom. The number of ether oxygens (including phenoxy) is 2. The molecule has 4 heterocycles. The van der Waals surface area contributed by atoms with E-state index in [4.69, 9.17) is 27.0 Å². The highest BCUT2D eigenvalue weighted by atomic mass is 32.1. The van der Waals surface area contributed by atoms with Crippen LogP contribution >= 0.6 is 23.6 Å². The van der Waals surface area contributed by atoms with E-state index in [0.29, 0.717) is 35.9 Å². The molecule has 4 amide bonds. The highest BCUT2D eigenvalue weighted by Crippen LogP contribution is 2.43. The van der Waals surface area contributed by atoms with E-state index >= 15 is 17.6 Å². The lowest BCUT2D eigenvalue weighted by Gasteiger charge is -2.35. The van der Waals surface area contributed by atoms with Crippen molar-refractivity contribution in [2.24, 2.45) is 5.41 Å². The number of alkyl halides is 5. The Balaban J connectivity index is 0.917. The number of nitriles is 1. The molecule has 0 saturated carbocycles. The SMILES string of the molecule is Cc1ncsc1-c1ccc([C@H](C)NC(=O)C2CCCN2C(=O)C(NC(=O)COCC(F)C(F)COc2c(F)cc(-c3ncc(N4C(=S)N(c5ccc(C#N)c(C(F)(F)F)c5F)C(=O)C4(C)C)cc3F)cc2F)C(C)(C)C)cc1. The quantitative estimate of drug-likeness (QED) is 0.0671. The molecule has 414 valence electrons. The van der Waals surface area contributed by atoms with Crippen molar-refractivity contribution in [1.82, 2.24) is 25.5 Å². The minimum absolute atomic E-state index is 0.247. The Morgan fingerprint density at radius 3 is 2.18 bits per heavy atom. The van der Waals surface area contributed by atoms with Gasteiger partial charge >= 0.3 is 6.18 Å². The molecule has 7 rings (SSSR count). The summed E-state index contributed by atoms with van der Waals surface area (Å²) >= 11 is 6.89. The molecule has 4 unspecified atom stereocenters. The van der Waals surface area contributed by atoms with E-state index in [-0.39, 0.29) is 18.1 Å². The number of pyridine rings is 1. The molecule has 3 aromatic carbocycles. The van der Waals surface area contributed by atoms with Crippen molar-refractivity contribution >= 4 is 63.7 Å². The Hall–Kier alpha value is -7.17. The zero-order chi connectivity index (χ0) is 57.3. The van der Waals surface area contributed by atoms with Crippen LogP contribution in [0.2, 0.25) is 0 Å². The third kappa shape index (κ3) is 12.1. The lowest BCUT2D eigenvalue weighted by atomic mass is 9.85. The summed E-state index contributed by atoms with van der Waals surface area (Å²) in [7, 11) is 0. The molecule has 2 saturated heterocycles. The first-order valence-electron chi connectivity index (χ1n) is 24.1. The standard InChI is InChI=1S/C53H51F9N8O6S2/c1-26(28-10-12-29(13-11-28)45-27(2)65-25-78-45)66-47(72)39-9-8-16-68(39)48(73)46(51(3,4)5)67-40(71)24-75-22-36(57)37(58)23-76-44-34(55)17-31(18-35(44)56)43-33(54)19-32(21-64-43)70-50(77)69(49(74)52(70,6)7)38-15-14-30(20-63)41(42(38)59)53(60,61)62/h10-15,17-19,21,25-26,36-37,39,46H,8-9,16,22-24H2,1-7H3,(H,66,72)(H,67,71)/t26-,36?,37?,39?,46?/m0/s1. The summed E-state index contributed by atoms with van der Waals surface area (Å²) in [5.41, 5.74) is -3.55. The van der Waals surface area contributed by atoms with Crippen LogP contribution in [0.3, 0.4) is 0 Å². The van der Waals surface area contributed by atoms with Crippen molar-refractivity contribution in [3.05, 3.63) is 112 Å². The predicted molar refractivity (Wildman–Crippen MR) is 273 cm³/mol. The van der Waals surface area contributed by atoms with Gasteiger partial charge in [0, 0.05) is 18.2 Å². The Morgan fingerprint density at radius 2 is 1.59 bits per heavy atom. The number of aromatic nitrogens is 2. The number of halogens is 9. The molecule has 5 aromatic rings. The Kier molecular flexibility index (Phi) is 17.3. The van der Waals surface area contributed by atoms with Crippen molar-refractivity contribution in [2.45, 2.75) is 103 Å². The van der Waals surface area contributed by atoms with Crippen LogP contribution in [0, 0.1) is 46.9 Å². The number of nitrogens with zero attached hydrogens (tertiary/aromatic N) is 6. The molecule has 2 aliphatic heterocycles. The highest BCUT2D eigenvalue weighted by molar-refractivity contribution is 7.81. The second-order valence-corrected chi connectivity index (χ2v) is 21.3. The molecule has 14 nitrogen and oxygen atoms in total. The number of amides is 4. The summed E-state index contributed by atoms with van der Waals surface area (Å²) in [6, 6.07) is 9.90. The first-order valence-corrected chi connectivity index (χ1v) is 25.4. The molecular weight excluding hydrogens is 1080 g/mol. The minimum Gasteiger partial charge on any atom is -0.484 e. The Bertz CT molecular complexity index is 3160. The van der Waals surface area contributed by atoms with Crippen LogP contribution in [0.5, 0.6) is 5.75 Å². The van der Waals surface area contributed by atoms with E-state index < -0.39 is 147 Å². The number of nitrogens with one attached hydrogen (secondary N) is 2. The van der Waals surface area contributed by atoms with E-state index in [1.807, 2.05) is 38.1 Å². The maximum absolute atomic E-state index is 15.8. The van der Waals surface area contributed by atoms with Crippen molar-refractivity contribution in [3.63, 3.8) is 0 Å². The van der Waals surface area contributed by atoms with Crippen LogP contribution in [0.1, 0.15) is 82.8 Å². The normalized spacial score (nSPS) is 17.2. The van der Waals surface area contributed by atoms with Crippen LogP contribution < -0.4 is 25.2 Å². The van der Waals surface area contributed by atoms with Crippen LogP contribution in [0.4, 0.5) is 50.9 Å². The molecule has 5 atom stereocenters. The number of likely N-dealkylation sites (tertiary alicyclic amines) is 1. The number of anilines is 2. The molecule has 0 aliphatic carbocycles. The predicted octanol–water partition coefficient (Wildman–Crippen LogP) is 10.0. The van der Waals surface area contributed by atoms with Gasteiger partial charge in [-0.1, -0.05) is 45.0 Å². The minimum atomic E-state index is -5.34. The summed E-state index contributed by atoms with van der Waals surface area (Å²) in [6.45, 7) is 8.49. The molecule has 25 heteroatoms. The third-order valence-corrected chi connectivity index (χ3v) is 14.5. The van der Waals surface area contributed by atoms with Crippen molar-refractivity contribution < 1.29 is 68.2 Å². The maximum atomic E-state index is 15.8. The monoisotopic (exact) mass is 1130 g/mol. The number of carbonyl (C=O) groups is 4. The first-order chi connectivity index (χ1) is 36.6. The van der Waals surface area contributed by atoms with Gasteiger partial charge in [0.2, 0.25) is 17.7 Å². The van der Waals surface area contributed by atoms with E-state index in [2.05, 4.69) is 20.6 Å². The van der Waals surface area contributed by atoms with E-state index in [1.165, 1.54) is 36.2 Å². The van der Waals surface area contributed by atoms with E-state index in [0.717, 1.165) is 44.9 Å². The van der Waals surface area contributed by atoms with Crippen LogP contribution in [0.25, 0.3) is 21.7 Å². The fourth-order valence-electron chi connectivity index (χ4n) is 9.00. The van der Waals surface area contributed by atoms with Gasteiger partial charge < -0.3 is 29.9 Å². The smallest absolute Gasteiger partial charge is 0.420 e. The number of rotatable bonds is 17. The first kappa shape index (κ1) is 58.5. The second kappa shape index (κ2) is 23.0. The molecule has 2 aromatic heterocycles. The van der Waals surface area contributed by atoms with Crippen molar-refractivity contribution in [3.8, 4) is 33.5 Å². The molecule has 78 heavy (non-hydrogen) atoms. The Labute approximate surface area is 451 Å². The van der Waals surface area contributed by atoms with Gasteiger partial charge in [-0.05, 0) is 93.6 Å². The topological polar surface area (TPSA) is 170 Å². The molecule has 2 aliphatic rings. The largest absolute Gasteiger partial charge is 0.484 e. The molecule has 0 spiro atoms. The molecule has 0 bridgehead atoms. The van der Waals surface area contributed by atoms with Crippen LogP contribution in [-0.2, 0) is 30.1 Å². The van der Waals surface area contributed by atoms with Gasteiger partial charge in [-0.2, -0.15) is 18.4 Å². The average molecular weight is 1130 g/mol. The van der Waals surface area contributed by atoms with Crippen LogP contribution in [-0.4, -0.2) is 99.9 Å². The van der Waals surface area contributed by atoms with Gasteiger partial charge in [-0.15, -0.1) is 11.3 Å². The lowest BCUT2D eigenvalue weighted by Crippen LogP contribution is -2.58. The van der Waals surface area contributed by atoms with Crippen molar-refractivity contribution in [2.75, 3.05) is 36.2 Å². The van der Waals surface area contributed by atoms with Gasteiger partial charge in [0.05, 0.1) is 57.9 Å². The number of hydrogen-bond acceptors (Lipinski definition) is 11. The fourth-order valence-corrected chi connectivity index (χ4v) is 10.3. The van der Waals surface area contributed by atoms with Crippen LogP contribution in [0.15, 0.2) is 66.3 Å². The molecule has 0 radical (unpaired) electrons. The summed E-state index contributed by atoms with van der Waals surface area (Å²) in [5.74, 6) is -10.2. The summed E-state index contributed by atoms with van der Waals surface area (Å²) in [6.07, 6.45) is -8.55. The second-order valence-electron chi connectivity index (χ2n) is 20.1. The van der Waals surface area contributed by atoms with Gasteiger partial charge in [0.1, 0.15) is 42.1 Å². The number of hydrogen-bond donors (Lipinski definition) is 2. The average Bonchev–Trinajstić information content (AvgIpc) is 4.20. The van der Waals surface area contributed by atoms with Gasteiger partial charge in [-0.3, -0.25) is 29.1 Å². The summed E-state index contributed by atoms with van der Waals surface area (Å²) in [4.78, 5) is 66.3. The number of benzene rings is 3. The summed E-state index contributed by atoms with van der Waals surface area (Å²) in [5, 5.41) is 14.1. The lowest BCUT2D eigenvalue weighted by molar-refractivity contribution is -0.144. The zero-order valence-electron chi connectivity index (χ0n) is 42.8. The zero-order valence-corrected chi connectivity index (χ0v) is 44.5. The molecule has 2 N–H and O–H groups in total. The van der Waals surface area contributed by atoms with Gasteiger partial charge in [0.15, 0.2) is 46.5 Å². The van der Waals surface area contributed by atoms with Gasteiger partial charge in [-0.25, -0.2) is 31.3 Å². The number of aryl methyl sites for hydroxylation is 1. The number of thiocarbonyl (C=S) groups is 1. The van der Waals surface area contributed by atoms with Gasteiger partial charge in [0.25, 0.3) is 5.91 Å². The maximum Gasteiger partial charge on any atom is 0.420 e. The fraction of sp³-hybridized carbons (Fsp3) is 0.396. The van der Waals surface area contributed by atoms with Crippen molar-refractivity contribution in [1.29, 1.82) is 5.26 Å². The number of carbonyl (C=O) groups excluding carboxylic acids is 4. The molecule has 2 fully saturated rings. The van der Waals surface area contributed by atoms with E-state index in [1.54, 1.807) is 26.3 Å².